The highest BCUT2D eigenvalue weighted by atomic mass is 35.5. The number of hydrogen-bond donors (Lipinski definition) is 1. The minimum Gasteiger partial charge on any atom is -0.367 e. The van der Waals surface area contributed by atoms with Crippen molar-refractivity contribution in [2.45, 2.75) is 36.6 Å². The molecule has 1 heterocycles. The van der Waals surface area contributed by atoms with Crippen molar-refractivity contribution in [2.24, 2.45) is 0 Å². The van der Waals surface area contributed by atoms with Crippen LogP contribution in [0.4, 0.5) is 26.3 Å². The summed E-state index contributed by atoms with van der Waals surface area (Å²) in [5, 5.41) is 11.2. The fraction of sp³-hybridized carbons (Fsp3) is 0.400. The molecule has 1 fully saturated rings. The van der Waals surface area contributed by atoms with Gasteiger partial charge < -0.3 is 14.6 Å². The van der Waals surface area contributed by atoms with Gasteiger partial charge in [0.05, 0.1) is 27.8 Å². The normalized spacial score (nSPS) is 27.0. The fourth-order valence-corrected chi connectivity index (χ4v) is 4.25. The third kappa shape index (κ3) is 4.14. The van der Waals surface area contributed by atoms with E-state index in [1.807, 2.05) is 0 Å². The van der Waals surface area contributed by atoms with Crippen molar-refractivity contribution >= 4 is 23.2 Å². The molecule has 0 bridgehead atoms. The minimum absolute atomic E-state index is 0.00550. The summed E-state index contributed by atoms with van der Waals surface area (Å²) in [6, 6.07) is 5.34. The molecule has 1 aliphatic rings. The summed E-state index contributed by atoms with van der Waals surface area (Å²) in [5.41, 5.74) is -5.39. The van der Waals surface area contributed by atoms with Gasteiger partial charge in [0, 0.05) is 13.0 Å². The molecule has 11 heteroatoms. The van der Waals surface area contributed by atoms with E-state index in [1.165, 1.54) is 18.2 Å². The molecule has 0 radical (unpaired) electrons. The Morgan fingerprint density at radius 2 is 1.52 bits per heavy atom. The molecule has 0 saturated carbocycles. The second-order valence-corrected chi connectivity index (χ2v) is 8.07. The number of rotatable bonds is 3. The van der Waals surface area contributed by atoms with E-state index in [1.54, 1.807) is 0 Å². The van der Waals surface area contributed by atoms with Crippen molar-refractivity contribution in [1.82, 2.24) is 0 Å². The first-order valence-electron chi connectivity index (χ1n) is 8.80. The maximum Gasteiger partial charge on any atom is 0.416 e. The second kappa shape index (κ2) is 7.81. The lowest BCUT2D eigenvalue weighted by molar-refractivity contribution is -0.257. The van der Waals surface area contributed by atoms with Gasteiger partial charge in [0.25, 0.3) is 0 Å². The topological polar surface area (TPSA) is 38.7 Å². The molecule has 3 atom stereocenters. The summed E-state index contributed by atoms with van der Waals surface area (Å²) in [7, 11) is 1.07. The predicted molar refractivity (Wildman–Crippen MR) is 101 cm³/mol. The highest BCUT2D eigenvalue weighted by molar-refractivity contribution is 6.42. The highest BCUT2D eigenvalue weighted by Crippen LogP contribution is 2.55. The number of hydrogen-bond acceptors (Lipinski definition) is 3. The van der Waals surface area contributed by atoms with Crippen molar-refractivity contribution in [3.05, 3.63) is 68.7 Å². The quantitative estimate of drug-likeness (QED) is 0.508. The molecule has 0 spiro atoms. The van der Waals surface area contributed by atoms with Crippen LogP contribution in [0.25, 0.3) is 0 Å². The maximum atomic E-state index is 13.4. The first-order valence-corrected chi connectivity index (χ1v) is 9.55. The molecule has 3 nitrogen and oxygen atoms in total. The first kappa shape index (κ1) is 24.1. The first-order chi connectivity index (χ1) is 14.1. The van der Waals surface area contributed by atoms with Crippen LogP contribution in [-0.2, 0) is 27.4 Å². The van der Waals surface area contributed by atoms with Crippen LogP contribution in [-0.4, -0.2) is 24.6 Å². The SMILES string of the molecule is COC1(c2cc(C(F)(F)F)cc(C(F)(F)F)c2)C(c2ccc(Cl)c(Cl)c2)COC1(C)O. The molecule has 0 amide bonds. The highest BCUT2D eigenvalue weighted by Gasteiger charge is 2.62. The van der Waals surface area contributed by atoms with Gasteiger partial charge in [-0.05, 0) is 48.4 Å². The van der Waals surface area contributed by atoms with E-state index in [0.29, 0.717) is 17.7 Å². The summed E-state index contributed by atoms with van der Waals surface area (Å²) in [6.07, 6.45) is -10.1. The predicted octanol–water partition coefficient (Wildman–Crippen LogP) is 6.40. The van der Waals surface area contributed by atoms with Crippen LogP contribution in [0.5, 0.6) is 0 Å². The molecule has 2 aromatic rings. The molecule has 31 heavy (non-hydrogen) atoms. The van der Waals surface area contributed by atoms with E-state index in [2.05, 4.69) is 0 Å². The van der Waals surface area contributed by atoms with Gasteiger partial charge in [0.2, 0.25) is 0 Å². The van der Waals surface area contributed by atoms with E-state index in [-0.39, 0.29) is 22.7 Å². The second-order valence-electron chi connectivity index (χ2n) is 7.25. The number of halogens is 8. The van der Waals surface area contributed by atoms with E-state index < -0.39 is 46.3 Å². The monoisotopic (exact) mass is 488 g/mol. The van der Waals surface area contributed by atoms with Crippen molar-refractivity contribution in [2.75, 3.05) is 13.7 Å². The Morgan fingerprint density at radius 3 is 1.97 bits per heavy atom. The van der Waals surface area contributed by atoms with Crippen LogP contribution in [0.3, 0.4) is 0 Å². The van der Waals surface area contributed by atoms with Crippen LogP contribution in [0.15, 0.2) is 36.4 Å². The molecular weight excluding hydrogens is 473 g/mol. The smallest absolute Gasteiger partial charge is 0.367 e. The van der Waals surface area contributed by atoms with E-state index >= 15 is 0 Å². The Balaban J connectivity index is 2.32. The largest absolute Gasteiger partial charge is 0.416 e. The van der Waals surface area contributed by atoms with Gasteiger partial charge in [-0.15, -0.1) is 0 Å². The number of alkyl halides is 6. The summed E-state index contributed by atoms with van der Waals surface area (Å²) in [6.45, 7) is 0.845. The number of benzene rings is 2. The summed E-state index contributed by atoms with van der Waals surface area (Å²) < 4.78 is 91.4. The average molecular weight is 489 g/mol. The van der Waals surface area contributed by atoms with Crippen LogP contribution in [0.2, 0.25) is 10.0 Å². The number of aliphatic hydroxyl groups is 1. The average Bonchev–Trinajstić information content (AvgIpc) is 2.93. The standard InChI is InChI=1S/C20H16Cl2F6O3/c1-17(29)18(30-2,14(9-31-17)10-3-4-15(21)16(22)5-10)11-6-12(19(23,24)25)8-13(7-11)20(26,27)28/h3-8,14,29H,9H2,1-2H3. The Labute approximate surface area is 183 Å². The lowest BCUT2D eigenvalue weighted by Gasteiger charge is -2.41. The molecule has 1 N–H and O–H groups in total. The minimum atomic E-state index is -5.07. The number of methoxy groups -OCH3 is 1. The van der Waals surface area contributed by atoms with Crippen molar-refractivity contribution in [3.63, 3.8) is 0 Å². The zero-order valence-electron chi connectivity index (χ0n) is 16.0. The zero-order valence-corrected chi connectivity index (χ0v) is 17.5. The van der Waals surface area contributed by atoms with Gasteiger partial charge in [-0.25, -0.2) is 0 Å². The summed E-state index contributed by atoms with van der Waals surface area (Å²) in [5.74, 6) is -3.28. The lowest BCUT2D eigenvalue weighted by atomic mass is 9.73. The third-order valence-corrected chi connectivity index (χ3v) is 6.13. The summed E-state index contributed by atoms with van der Waals surface area (Å²) in [4.78, 5) is 0. The van der Waals surface area contributed by atoms with Crippen molar-refractivity contribution in [1.29, 1.82) is 0 Å². The molecule has 3 unspecified atom stereocenters. The molecule has 170 valence electrons. The van der Waals surface area contributed by atoms with Gasteiger partial charge in [-0.1, -0.05) is 29.3 Å². The maximum absolute atomic E-state index is 13.4. The number of ether oxygens (including phenoxy) is 2. The lowest BCUT2D eigenvalue weighted by Crippen LogP contribution is -2.50. The molecule has 3 rings (SSSR count). The third-order valence-electron chi connectivity index (χ3n) is 5.40. The van der Waals surface area contributed by atoms with E-state index in [0.717, 1.165) is 14.0 Å². The van der Waals surface area contributed by atoms with E-state index in [4.69, 9.17) is 32.7 Å². The van der Waals surface area contributed by atoms with Crippen LogP contribution in [0, 0.1) is 0 Å². The van der Waals surface area contributed by atoms with Crippen molar-refractivity contribution < 1.29 is 40.9 Å². The van der Waals surface area contributed by atoms with Crippen molar-refractivity contribution in [3.8, 4) is 0 Å². The van der Waals surface area contributed by atoms with Gasteiger partial charge in [-0.3, -0.25) is 0 Å². The van der Waals surface area contributed by atoms with Crippen LogP contribution in [0.1, 0.15) is 35.1 Å². The summed E-state index contributed by atoms with van der Waals surface area (Å²) >= 11 is 12.0. The van der Waals surface area contributed by atoms with Crippen LogP contribution >= 0.6 is 23.2 Å². The molecule has 0 aromatic heterocycles. The van der Waals surface area contributed by atoms with Gasteiger partial charge in [-0.2, -0.15) is 26.3 Å². The molecule has 1 aliphatic heterocycles. The van der Waals surface area contributed by atoms with Gasteiger partial charge in [0.1, 0.15) is 0 Å². The zero-order chi connectivity index (χ0) is 23.4. The van der Waals surface area contributed by atoms with Gasteiger partial charge >= 0.3 is 12.4 Å². The fourth-order valence-electron chi connectivity index (χ4n) is 3.94. The molecule has 1 saturated heterocycles. The Morgan fingerprint density at radius 1 is 0.968 bits per heavy atom. The Kier molecular flexibility index (Phi) is 6.08. The molecule has 2 aromatic carbocycles. The Bertz CT molecular complexity index is 958. The Hall–Kier alpha value is -1.52. The van der Waals surface area contributed by atoms with Gasteiger partial charge in [0.15, 0.2) is 11.4 Å². The van der Waals surface area contributed by atoms with E-state index in [9.17, 15) is 31.4 Å². The molecule has 0 aliphatic carbocycles. The molecular formula is C20H16Cl2F6O3. The van der Waals surface area contributed by atoms with Crippen LogP contribution < -0.4 is 0 Å².